The lowest BCUT2D eigenvalue weighted by Crippen LogP contribution is -2.22. The number of rotatable bonds is 6. The van der Waals surface area contributed by atoms with Crippen LogP contribution in [0.1, 0.15) is 0 Å². The molecule has 0 radical (unpaired) electrons. The van der Waals surface area contributed by atoms with Gasteiger partial charge in [0.25, 0.3) is 0 Å². The lowest BCUT2D eigenvalue weighted by atomic mass is 10.0. The fourth-order valence-corrected chi connectivity index (χ4v) is 2.78. The zero-order valence-electron chi connectivity index (χ0n) is 14.1. The molecular weight excluding hydrogens is 352 g/mol. The summed E-state index contributed by atoms with van der Waals surface area (Å²) in [7, 11) is -2.14. The molecule has 3 N–H and O–H groups in total. The molecule has 0 bridgehead atoms. The van der Waals surface area contributed by atoms with Gasteiger partial charge >= 0.3 is 0 Å². The van der Waals surface area contributed by atoms with Crippen LogP contribution >= 0.6 is 0 Å². The Kier molecular flexibility index (Phi) is 5.15. The van der Waals surface area contributed by atoms with Crippen LogP contribution in [0.2, 0.25) is 0 Å². The Balaban J connectivity index is 2.05. The van der Waals surface area contributed by atoms with Crippen molar-refractivity contribution in [1.29, 1.82) is 0 Å². The van der Waals surface area contributed by atoms with Crippen molar-refractivity contribution in [1.82, 2.24) is 9.97 Å². The zero-order valence-corrected chi connectivity index (χ0v) is 14.9. The maximum atomic E-state index is 11.3. The van der Waals surface area contributed by atoms with Gasteiger partial charge in [-0.2, -0.15) is 0 Å². The van der Waals surface area contributed by atoms with E-state index in [1.807, 2.05) is 42.5 Å². The van der Waals surface area contributed by atoms with Crippen molar-refractivity contribution >= 4 is 15.8 Å². The minimum absolute atomic E-state index is 0.408. The Morgan fingerprint density at radius 2 is 1.73 bits per heavy atom. The lowest BCUT2D eigenvalue weighted by Gasteiger charge is -2.13. The highest BCUT2D eigenvalue weighted by molar-refractivity contribution is 7.89. The van der Waals surface area contributed by atoms with Crippen molar-refractivity contribution in [2.45, 2.75) is 0 Å². The number of nitrogens with zero attached hydrogens (tertiary/aromatic N) is 2. The molecule has 3 rings (SSSR count). The summed E-state index contributed by atoms with van der Waals surface area (Å²) in [6.45, 7) is 0. The van der Waals surface area contributed by atoms with Crippen LogP contribution < -0.4 is 15.2 Å². The summed E-state index contributed by atoms with van der Waals surface area (Å²) in [5.74, 6) is 0.479. The van der Waals surface area contributed by atoms with Crippen LogP contribution in [0, 0.1) is 0 Å². The Hall–Kier alpha value is -2.97. The van der Waals surface area contributed by atoms with Gasteiger partial charge in [-0.1, -0.05) is 30.3 Å². The summed E-state index contributed by atoms with van der Waals surface area (Å²) in [5.41, 5.74) is 3.39. The van der Waals surface area contributed by atoms with E-state index in [2.05, 4.69) is 15.3 Å². The Morgan fingerprint density at radius 3 is 2.35 bits per heavy atom. The molecule has 0 aliphatic carbocycles. The monoisotopic (exact) mass is 370 g/mol. The van der Waals surface area contributed by atoms with Gasteiger partial charge in [0.15, 0.2) is 0 Å². The molecular formula is C18H18N4O3S. The van der Waals surface area contributed by atoms with Crippen molar-refractivity contribution in [3.63, 3.8) is 0 Å². The van der Waals surface area contributed by atoms with Crippen LogP contribution in [0.25, 0.3) is 22.3 Å². The topological polar surface area (TPSA) is 107 Å². The van der Waals surface area contributed by atoms with Gasteiger partial charge in [0.2, 0.25) is 15.9 Å². The molecule has 0 saturated carbocycles. The number of hydrogen-bond donors (Lipinski definition) is 2. The summed E-state index contributed by atoms with van der Waals surface area (Å²) in [5, 5.41) is 7.86. The first-order chi connectivity index (χ1) is 12.5. The number of hydrogen-bond acceptors (Lipinski definition) is 6. The Labute approximate surface area is 151 Å². The number of aromatic nitrogens is 2. The van der Waals surface area contributed by atoms with Crippen molar-refractivity contribution in [3.05, 3.63) is 60.9 Å². The van der Waals surface area contributed by atoms with E-state index >= 15 is 0 Å². The molecule has 0 aliphatic rings. The number of sulfonamides is 1. The molecule has 26 heavy (non-hydrogen) atoms. The van der Waals surface area contributed by atoms with Crippen LogP contribution in [0.3, 0.4) is 0 Å². The lowest BCUT2D eigenvalue weighted by molar-refractivity contribution is 0.398. The standard InChI is InChI=1S/C18H18N4O3S/c1-25-17-8-7-14(10-20-17)16-9-15(13-5-3-2-4-6-13)11-21-18(16)22-12-26(19,23)24/h2-11H,12H2,1H3,(H,21,22)(H2,19,23,24). The van der Waals surface area contributed by atoms with Crippen LogP contribution in [-0.4, -0.2) is 31.4 Å². The number of methoxy groups -OCH3 is 1. The Morgan fingerprint density at radius 1 is 1.00 bits per heavy atom. The van der Waals surface area contributed by atoms with Gasteiger partial charge in [0.1, 0.15) is 11.7 Å². The van der Waals surface area contributed by atoms with E-state index in [9.17, 15) is 8.42 Å². The summed E-state index contributed by atoms with van der Waals surface area (Å²) < 4.78 is 27.6. The van der Waals surface area contributed by atoms with E-state index in [0.29, 0.717) is 17.3 Å². The number of pyridine rings is 2. The molecule has 134 valence electrons. The second-order valence-corrected chi connectivity index (χ2v) is 7.17. The largest absolute Gasteiger partial charge is 0.481 e. The molecule has 0 amide bonds. The quantitative estimate of drug-likeness (QED) is 0.690. The number of primary sulfonamides is 1. The minimum atomic E-state index is -3.68. The number of anilines is 1. The van der Waals surface area contributed by atoms with E-state index in [4.69, 9.17) is 9.88 Å². The smallest absolute Gasteiger partial charge is 0.227 e. The number of ether oxygens (including phenoxy) is 1. The van der Waals surface area contributed by atoms with Crippen LogP contribution in [0.15, 0.2) is 60.9 Å². The SMILES string of the molecule is COc1ccc(-c2cc(-c3ccccc3)cnc2NCS(N)(=O)=O)cn1. The van der Waals surface area contributed by atoms with E-state index in [1.54, 1.807) is 25.6 Å². The van der Waals surface area contributed by atoms with E-state index in [-0.39, 0.29) is 0 Å². The van der Waals surface area contributed by atoms with Gasteiger partial charge in [-0.25, -0.2) is 23.5 Å². The molecule has 0 atom stereocenters. The highest BCUT2D eigenvalue weighted by Gasteiger charge is 2.12. The van der Waals surface area contributed by atoms with Crippen molar-refractivity contribution in [2.24, 2.45) is 5.14 Å². The molecule has 8 heteroatoms. The second-order valence-electron chi connectivity index (χ2n) is 5.56. The van der Waals surface area contributed by atoms with Crippen molar-refractivity contribution < 1.29 is 13.2 Å². The average molecular weight is 370 g/mol. The molecule has 2 heterocycles. The third-order valence-electron chi connectivity index (χ3n) is 3.69. The third kappa shape index (κ3) is 4.35. The highest BCUT2D eigenvalue weighted by Crippen LogP contribution is 2.31. The highest BCUT2D eigenvalue weighted by atomic mass is 32.2. The summed E-state index contributed by atoms with van der Waals surface area (Å²) >= 11 is 0. The average Bonchev–Trinajstić information content (AvgIpc) is 2.66. The molecule has 7 nitrogen and oxygen atoms in total. The van der Waals surface area contributed by atoms with Gasteiger partial charge in [-0.05, 0) is 17.7 Å². The molecule has 0 saturated heterocycles. The van der Waals surface area contributed by atoms with Gasteiger partial charge in [-0.15, -0.1) is 0 Å². The van der Waals surface area contributed by atoms with Crippen LogP contribution in [-0.2, 0) is 10.0 Å². The predicted octanol–water partition coefficient (Wildman–Crippen LogP) is 2.48. The fourth-order valence-electron chi connectivity index (χ4n) is 2.44. The van der Waals surface area contributed by atoms with Gasteiger partial charge in [-0.3, -0.25) is 0 Å². The van der Waals surface area contributed by atoms with Gasteiger partial charge < -0.3 is 10.1 Å². The fraction of sp³-hybridized carbons (Fsp3) is 0.111. The van der Waals surface area contributed by atoms with Crippen molar-refractivity contribution in [3.8, 4) is 28.1 Å². The first kappa shape index (κ1) is 17.8. The number of nitrogens with two attached hydrogens (primary N) is 1. The summed E-state index contributed by atoms with van der Waals surface area (Å²) in [6, 6.07) is 15.3. The molecule has 0 aliphatic heterocycles. The number of benzene rings is 1. The first-order valence-corrected chi connectivity index (χ1v) is 9.48. The van der Waals surface area contributed by atoms with Crippen molar-refractivity contribution in [2.75, 3.05) is 18.3 Å². The summed E-state index contributed by atoms with van der Waals surface area (Å²) in [4.78, 5) is 8.59. The van der Waals surface area contributed by atoms with Gasteiger partial charge in [0.05, 0.1) is 7.11 Å². The molecule has 1 aromatic carbocycles. The van der Waals surface area contributed by atoms with E-state index in [0.717, 1.165) is 16.7 Å². The first-order valence-electron chi connectivity index (χ1n) is 7.76. The maximum absolute atomic E-state index is 11.3. The van der Waals surface area contributed by atoms with E-state index < -0.39 is 15.9 Å². The number of nitrogens with one attached hydrogen (secondary N) is 1. The molecule has 0 unspecified atom stereocenters. The normalized spacial score (nSPS) is 11.2. The summed E-state index contributed by atoms with van der Waals surface area (Å²) in [6.07, 6.45) is 3.33. The Bertz CT molecular complexity index is 991. The third-order valence-corrected chi connectivity index (χ3v) is 4.24. The molecule has 0 fully saturated rings. The molecule has 2 aromatic heterocycles. The van der Waals surface area contributed by atoms with Crippen LogP contribution in [0.5, 0.6) is 5.88 Å². The van der Waals surface area contributed by atoms with Gasteiger partial charge in [0, 0.05) is 35.2 Å². The zero-order chi connectivity index (χ0) is 18.6. The minimum Gasteiger partial charge on any atom is -0.481 e. The molecule has 0 spiro atoms. The maximum Gasteiger partial charge on any atom is 0.227 e. The second kappa shape index (κ2) is 7.51. The van der Waals surface area contributed by atoms with E-state index in [1.165, 1.54) is 0 Å². The predicted molar refractivity (Wildman–Crippen MR) is 101 cm³/mol. The van der Waals surface area contributed by atoms with Crippen LogP contribution in [0.4, 0.5) is 5.82 Å². The molecule has 3 aromatic rings.